The zero-order valence-electron chi connectivity index (χ0n) is 16.9. The highest BCUT2D eigenvalue weighted by molar-refractivity contribution is 7.13. The van der Waals surface area contributed by atoms with Gasteiger partial charge in [0.05, 0.1) is 24.1 Å². The molecule has 162 valence electrons. The Kier molecular flexibility index (Phi) is 7.14. The minimum Gasteiger partial charge on any atom is -0.459 e. The number of anilines is 2. The summed E-state index contributed by atoms with van der Waals surface area (Å²) in [7, 11) is 0. The van der Waals surface area contributed by atoms with Crippen LogP contribution < -0.4 is 10.6 Å². The molecule has 0 saturated carbocycles. The van der Waals surface area contributed by atoms with Crippen LogP contribution in [0.4, 0.5) is 15.2 Å². The summed E-state index contributed by atoms with van der Waals surface area (Å²) in [6, 6.07) is 8.78. The maximum absolute atomic E-state index is 13.6. The lowest BCUT2D eigenvalue weighted by molar-refractivity contribution is -0.117. The van der Waals surface area contributed by atoms with Gasteiger partial charge in [0.15, 0.2) is 10.9 Å². The van der Waals surface area contributed by atoms with Gasteiger partial charge in [0.2, 0.25) is 11.8 Å². The van der Waals surface area contributed by atoms with Crippen LogP contribution in [0.25, 0.3) is 0 Å². The Hall–Kier alpha value is -3.53. The zero-order valence-corrected chi connectivity index (χ0v) is 17.7. The van der Waals surface area contributed by atoms with Crippen molar-refractivity contribution in [1.82, 2.24) is 9.88 Å². The van der Waals surface area contributed by atoms with E-state index < -0.39 is 17.6 Å². The van der Waals surface area contributed by atoms with E-state index in [1.165, 1.54) is 35.4 Å². The number of nitrogens with zero attached hydrogens (tertiary/aromatic N) is 2. The number of amides is 3. The summed E-state index contributed by atoms with van der Waals surface area (Å²) in [6.07, 6.45) is 1.32. The summed E-state index contributed by atoms with van der Waals surface area (Å²) < 4.78 is 18.8. The highest BCUT2D eigenvalue weighted by Crippen LogP contribution is 2.18. The van der Waals surface area contributed by atoms with Crippen molar-refractivity contribution in [2.75, 3.05) is 17.2 Å². The van der Waals surface area contributed by atoms with Gasteiger partial charge in [-0.1, -0.05) is 12.1 Å². The van der Waals surface area contributed by atoms with Crippen LogP contribution >= 0.6 is 11.3 Å². The normalized spacial score (nSPS) is 10.7. The van der Waals surface area contributed by atoms with Gasteiger partial charge in [-0.3, -0.25) is 14.4 Å². The van der Waals surface area contributed by atoms with Crippen LogP contribution in [0.3, 0.4) is 0 Å². The molecule has 0 radical (unpaired) electrons. The summed E-state index contributed by atoms with van der Waals surface area (Å²) >= 11 is 1.15. The quantitative estimate of drug-likeness (QED) is 0.553. The van der Waals surface area contributed by atoms with Crippen molar-refractivity contribution in [3.05, 3.63) is 65.3 Å². The van der Waals surface area contributed by atoms with Crippen molar-refractivity contribution >= 4 is 39.9 Å². The van der Waals surface area contributed by atoms with Crippen LogP contribution in [0.2, 0.25) is 0 Å². The molecule has 10 heteroatoms. The molecule has 0 bridgehead atoms. The predicted molar refractivity (Wildman–Crippen MR) is 114 cm³/mol. The van der Waals surface area contributed by atoms with E-state index in [-0.39, 0.29) is 36.4 Å². The molecular weight excluding hydrogens is 423 g/mol. The van der Waals surface area contributed by atoms with Crippen LogP contribution in [0.1, 0.15) is 30.1 Å². The van der Waals surface area contributed by atoms with Crippen molar-refractivity contribution in [3.8, 4) is 0 Å². The van der Waals surface area contributed by atoms with Gasteiger partial charge in [-0.2, -0.15) is 0 Å². The summed E-state index contributed by atoms with van der Waals surface area (Å²) in [5, 5.41) is 7.04. The first-order chi connectivity index (χ1) is 14.8. The molecule has 3 amide bonds. The Morgan fingerprint density at radius 3 is 2.58 bits per heavy atom. The molecule has 0 unspecified atom stereocenters. The largest absolute Gasteiger partial charge is 0.459 e. The molecule has 31 heavy (non-hydrogen) atoms. The topological polar surface area (TPSA) is 105 Å². The maximum Gasteiger partial charge on any atom is 0.290 e. The smallest absolute Gasteiger partial charge is 0.290 e. The lowest BCUT2D eigenvalue weighted by Crippen LogP contribution is -2.42. The van der Waals surface area contributed by atoms with E-state index in [4.69, 9.17) is 4.42 Å². The Bertz CT molecular complexity index is 1070. The van der Waals surface area contributed by atoms with Crippen molar-refractivity contribution in [2.24, 2.45) is 0 Å². The van der Waals surface area contributed by atoms with Gasteiger partial charge >= 0.3 is 0 Å². The SMILES string of the molecule is CC(C)N(CC(=O)Nc1nc(CC(=O)Nc2ccccc2F)cs1)C(=O)c1ccco1. The Balaban J connectivity index is 1.56. The number of benzene rings is 1. The number of nitrogens with one attached hydrogen (secondary N) is 2. The number of thiazole rings is 1. The first-order valence-electron chi connectivity index (χ1n) is 9.46. The number of carbonyl (C=O) groups is 3. The van der Waals surface area contributed by atoms with E-state index in [2.05, 4.69) is 15.6 Å². The van der Waals surface area contributed by atoms with Gasteiger partial charge in [-0.05, 0) is 38.1 Å². The number of furan rings is 1. The minimum absolute atomic E-state index is 0.0736. The number of halogens is 1. The van der Waals surface area contributed by atoms with Gasteiger partial charge < -0.3 is 20.0 Å². The molecule has 0 fully saturated rings. The highest BCUT2D eigenvalue weighted by atomic mass is 32.1. The third kappa shape index (κ3) is 5.98. The van der Waals surface area contributed by atoms with Gasteiger partial charge in [0.1, 0.15) is 12.4 Å². The molecule has 0 aliphatic rings. The number of aromatic nitrogens is 1. The van der Waals surface area contributed by atoms with Crippen LogP contribution in [0, 0.1) is 5.82 Å². The van der Waals surface area contributed by atoms with Gasteiger partial charge in [0.25, 0.3) is 5.91 Å². The van der Waals surface area contributed by atoms with E-state index in [0.717, 1.165) is 11.3 Å². The number of para-hydroxylation sites is 1. The molecule has 8 nitrogen and oxygen atoms in total. The molecule has 2 aromatic heterocycles. The fraction of sp³-hybridized carbons (Fsp3) is 0.238. The Labute approximate surface area is 182 Å². The summed E-state index contributed by atoms with van der Waals surface area (Å²) in [5.41, 5.74) is 0.521. The second kappa shape index (κ2) is 9.98. The summed E-state index contributed by atoms with van der Waals surface area (Å²) in [5.74, 6) is -1.62. The number of carbonyl (C=O) groups excluding carboxylic acids is 3. The third-order valence-electron chi connectivity index (χ3n) is 4.22. The van der Waals surface area contributed by atoms with E-state index in [0.29, 0.717) is 10.8 Å². The van der Waals surface area contributed by atoms with E-state index in [1.807, 2.05) is 0 Å². The minimum atomic E-state index is -0.527. The average Bonchev–Trinajstić information content (AvgIpc) is 3.39. The lowest BCUT2D eigenvalue weighted by Gasteiger charge is -2.24. The lowest BCUT2D eigenvalue weighted by atomic mass is 10.2. The average molecular weight is 444 g/mol. The van der Waals surface area contributed by atoms with Crippen molar-refractivity contribution in [3.63, 3.8) is 0 Å². The van der Waals surface area contributed by atoms with Gasteiger partial charge in [-0.25, -0.2) is 9.37 Å². The molecule has 0 aliphatic heterocycles. The number of hydrogen-bond acceptors (Lipinski definition) is 6. The molecular formula is C21H21FN4O4S. The highest BCUT2D eigenvalue weighted by Gasteiger charge is 2.24. The van der Waals surface area contributed by atoms with Crippen LogP contribution in [0.5, 0.6) is 0 Å². The monoisotopic (exact) mass is 444 g/mol. The van der Waals surface area contributed by atoms with Crippen molar-refractivity contribution in [2.45, 2.75) is 26.3 Å². The van der Waals surface area contributed by atoms with Gasteiger partial charge in [-0.15, -0.1) is 11.3 Å². The fourth-order valence-electron chi connectivity index (χ4n) is 2.71. The first-order valence-corrected chi connectivity index (χ1v) is 10.3. The summed E-state index contributed by atoms with van der Waals surface area (Å²) in [4.78, 5) is 42.6. The number of rotatable bonds is 8. The van der Waals surface area contributed by atoms with E-state index >= 15 is 0 Å². The van der Waals surface area contributed by atoms with E-state index in [1.54, 1.807) is 31.4 Å². The molecule has 0 saturated heterocycles. The third-order valence-corrected chi connectivity index (χ3v) is 5.02. The Morgan fingerprint density at radius 2 is 1.90 bits per heavy atom. The second-order valence-electron chi connectivity index (χ2n) is 6.90. The van der Waals surface area contributed by atoms with Crippen molar-refractivity contribution in [1.29, 1.82) is 0 Å². The standard InChI is InChI=1S/C21H21FN4O4S/c1-13(2)26(20(29)17-8-5-9-30-17)11-19(28)25-21-23-14(12-31-21)10-18(27)24-16-7-4-3-6-15(16)22/h3-9,12-13H,10-11H2,1-2H3,(H,24,27)(H,23,25,28). The molecule has 1 aromatic carbocycles. The maximum atomic E-state index is 13.6. The van der Waals surface area contributed by atoms with Crippen LogP contribution in [-0.4, -0.2) is 40.2 Å². The van der Waals surface area contributed by atoms with Crippen LogP contribution in [-0.2, 0) is 16.0 Å². The van der Waals surface area contributed by atoms with Gasteiger partial charge in [0, 0.05) is 11.4 Å². The molecule has 3 rings (SSSR count). The predicted octanol–water partition coefficient (Wildman–Crippen LogP) is 3.55. The van der Waals surface area contributed by atoms with Crippen LogP contribution in [0.15, 0.2) is 52.5 Å². The second-order valence-corrected chi connectivity index (χ2v) is 7.76. The van der Waals surface area contributed by atoms with E-state index in [9.17, 15) is 18.8 Å². The van der Waals surface area contributed by atoms with Crippen molar-refractivity contribution < 1.29 is 23.2 Å². The number of hydrogen-bond donors (Lipinski definition) is 2. The first kappa shape index (κ1) is 22.2. The molecule has 2 heterocycles. The molecule has 3 aromatic rings. The zero-order chi connectivity index (χ0) is 22.4. The Morgan fingerprint density at radius 1 is 1.13 bits per heavy atom. The molecule has 2 N–H and O–H groups in total. The molecule has 0 atom stereocenters. The summed E-state index contributed by atoms with van der Waals surface area (Å²) in [6.45, 7) is 3.41. The molecule has 0 spiro atoms. The fourth-order valence-corrected chi connectivity index (χ4v) is 3.44. The molecule has 0 aliphatic carbocycles.